The summed E-state index contributed by atoms with van der Waals surface area (Å²) in [5.41, 5.74) is 1.07. The molecule has 1 aliphatic rings. The molecule has 1 heterocycles. The van der Waals surface area contributed by atoms with Crippen molar-refractivity contribution < 1.29 is 13.3 Å². The number of nitro groups is 1. The first-order chi connectivity index (χ1) is 9.75. The summed E-state index contributed by atoms with van der Waals surface area (Å²) in [7, 11) is -3.87. The van der Waals surface area contributed by atoms with Gasteiger partial charge in [0.15, 0.2) is 4.90 Å². The SMILES string of the molecule is Cc1cc([N+](=O)[O-])c(S(=O)(=O)N2CCNC[C@@H]2C)cc1C.Cl. The van der Waals surface area contributed by atoms with Gasteiger partial charge in [-0.1, -0.05) is 0 Å². The van der Waals surface area contributed by atoms with Crippen molar-refractivity contribution in [2.45, 2.75) is 31.7 Å². The summed E-state index contributed by atoms with van der Waals surface area (Å²) in [5, 5.41) is 14.3. The minimum Gasteiger partial charge on any atom is -0.314 e. The van der Waals surface area contributed by atoms with Crippen LogP contribution in [0.2, 0.25) is 0 Å². The van der Waals surface area contributed by atoms with E-state index in [-0.39, 0.29) is 29.0 Å². The normalized spacial score (nSPS) is 19.5. The van der Waals surface area contributed by atoms with E-state index in [0.29, 0.717) is 25.2 Å². The lowest BCUT2D eigenvalue weighted by Gasteiger charge is -2.32. The molecule has 0 saturated carbocycles. The average molecular weight is 350 g/mol. The number of hydrogen-bond donors (Lipinski definition) is 1. The van der Waals surface area contributed by atoms with E-state index < -0.39 is 14.9 Å². The van der Waals surface area contributed by atoms with Gasteiger partial charge >= 0.3 is 0 Å². The van der Waals surface area contributed by atoms with Crippen LogP contribution in [0, 0.1) is 24.0 Å². The third-order valence-corrected chi connectivity index (χ3v) is 5.84. The standard InChI is InChI=1S/C13H19N3O4S.ClH/c1-9-6-12(16(17)18)13(7-10(9)2)21(19,20)15-5-4-14-8-11(15)3;/h6-7,11,14H,4-5,8H2,1-3H3;1H/t11-;/m0./s1. The van der Waals surface area contributed by atoms with Crippen LogP contribution in [0.4, 0.5) is 5.69 Å². The molecule has 1 atom stereocenters. The highest BCUT2D eigenvalue weighted by molar-refractivity contribution is 7.89. The average Bonchev–Trinajstić information content (AvgIpc) is 2.41. The first-order valence-electron chi connectivity index (χ1n) is 6.73. The van der Waals surface area contributed by atoms with Gasteiger partial charge in [0, 0.05) is 31.7 Å². The van der Waals surface area contributed by atoms with Gasteiger partial charge < -0.3 is 5.32 Å². The van der Waals surface area contributed by atoms with Crippen molar-refractivity contribution >= 4 is 28.1 Å². The quantitative estimate of drug-likeness (QED) is 0.661. The fraction of sp³-hybridized carbons (Fsp3) is 0.538. The van der Waals surface area contributed by atoms with Gasteiger partial charge in [-0.3, -0.25) is 10.1 Å². The van der Waals surface area contributed by atoms with E-state index in [9.17, 15) is 18.5 Å². The predicted octanol–water partition coefficient (Wildman–Crippen LogP) is 1.62. The van der Waals surface area contributed by atoms with Crippen LogP contribution in [0.15, 0.2) is 17.0 Å². The van der Waals surface area contributed by atoms with E-state index in [4.69, 9.17) is 0 Å². The van der Waals surface area contributed by atoms with Crippen LogP contribution in [0.1, 0.15) is 18.1 Å². The van der Waals surface area contributed by atoms with E-state index in [1.54, 1.807) is 20.8 Å². The Hall–Kier alpha value is -1.22. The van der Waals surface area contributed by atoms with Crippen molar-refractivity contribution in [2.75, 3.05) is 19.6 Å². The monoisotopic (exact) mass is 349 g/mol. The van der Waals surface area contributed by atoms with Crippen molar-refractivity contribution in [1.82, 2.24) is 9.62 Å². The first-order valence-corrected chi connectivity index (χ1v) is 8.17. The fourth-order valence-corrected chi connectivity index (χ4v) is 4.29. The zero-order valence-corrected chi connectivity index (χ0v) is 14.3. The second-order valence-corrected chi connectivity index (χ2v) is 7.19. The number of aryl methyl sites for hydroxylation is 2. The molecule has 1 aromatic rings. The van der Waals surface area contributed by atoms with Gasteiger partial charge in [0.25, 0.3) is 5.69 Å². The van der Waals surface area contributed by atoms with Crippen LogP contribution in [0.5, 0.6) is 0 Å². The minimum atomic E-state index is -3.87. The summed E-state index contributed by atoms with van der Waals surface area (Å²) < 4.78 is 26.9. The molecule has 0 bridgehead atoms. The van der Waals surface area contributed by atoms with Gasteiger partial charge in [-0.2, -0.15) is 4.31 Å². The maximum Gasteiger partial charge on any atom is 0.289 e. The van der Waals surface area contributed by atoms with Crippen molar-refractivity contribution in [3.63, 3.8) is 0 Å². The molecule has 7 nitrogen and oxygen atoms in total. The van der Waals surface area contributed by atoms with Crippen LogP contribution in [0.25, 0.3) is 0 Å². The largest absolute Gasteiger partial charge is 0.314 e. The molecule has 1 aromatic carbocycles. The topological polar surface area (TPSA) is 92.5 Å². The molecule has 1 saturated heterocycles. The van der Waals surface area contributed by atoms with Gasteiger partial charge in [-0.25, -0.2) is 8.42 Å². The van der Waals surface area contributed by atoms with E-state index >= 15 is 0 Å². The smallest absolute Gasteiger partial charge is 0.289 e. The van der Waals surface area contributed by atoms with Gasteiger partial charge in [0.2, 0.25) is 10.0 Å². The highest BCUT2D eigenvalue weighted by Gasteiger charge is 2.36. The summed E-state index contributed by atoms with van der Waals surface area (Å²) in [4.78, 5) is 10.4. The molecule has 0 amide bonds. The Morgan fingerprint density at radius 2 is 1.91 bits per heavy atom. The summed E-state index contributed by atoms with van der Waals surface area (Å²) in [6.07, 6.45) is 0. The molecule has 0 radical (unpaired) electrons. The van der Waals surface area contributed by atoms with Crippen LogP contribution in [-0.2, 0) is 10.0 Å². The highest BCUT2D eigenvalue weighted by Crippen LogP contribution is 2.30. The highest BCUT2D eigenvalue weighted by atomic mass is 35.5. The number of sulfonamides is 1. The number of piperazine rings is 1. The summed E-state index contributed by atoms with van der Waals surface area (Å²) >= 11 is 0. The molecule has 0 aliphatic carbocycles. The molecule has 1 fully saturated rings. The molecular weight excluding hydrogens is 330 g/mol. The molecule has 0 aromatic heterocycles. The van der Waals surface area contributed by atoms with Crippen LogP contribution in [0.3, 0.4) is 0 Å². The maximum atomic E-state index is 12.8. The zero-order chi connectivity index (χ0) is 15.8. The Labute approximate surface area is 136 Å². The number of nitrogens with one attached hydrogen (secondary N) is 1. The molecular formula is C13H20ClN3O4S. The van der Waals surface area contributed by atoms with E-state index in [1.807, 2.05) is 0 Å². The Balaban J connectivity index is 0.00000242. The lowest BCUT2D eigenvalue weighted by molar-refractivity contribution is -0.387. The summed E-state index contributed by atoms with van der Waals surface area (Å²) in [6, 6.07) is 2.50. The Morgan fingerprint density at radius 1 is 1.32 bits per heavy atom. The zero-order valence-electron chi connectivity index (χ0n) is 12.7. The molecule has 22 heavy (non-hydrogen) atoms. The number of rotatable bonds is 3. The van der Waals surface area contributed by atoms with Crippen LogP contribution < -0.4 is 5.32 Å². The minimum absolute atomic E-state index is 0. The molecule has 0 spiro atoms. The second-order valence-electron chi connectivity index (χ2n) is 5.33. The lowest BCUT2D eigenvalue weighted by atomic mass is 10.1. The third kappa shape index (κ3) is 3.40. The van der Waals surface area contributed by atoms with Gasteiger partial charge in [0.05, 0.1) is 4.92 Å². The van der Waals surface area contributed by atoms with E-state index in [1.165, 1.54) is 16.4 Å². The maximum absolute atomic E-state index is 12.8. The van der Waals surface area contributed by atoms with Gasteiger partial charge in [-0.05, 0) is 38.0 Å². The number of hydrogen-bond acceptors (Lipinski definition) is 5. The van der Waals surface area contributed by atoms with E-state index in [2.05, 4.69) is 5.32 Å². The van der Waals surface area contributed by atoms with Gasteiger partial charge in [-0.15, -0.1) is 12.4 Å². The Kier molecular flexibility index (Phi) is 5.91. The lowest BCUT2D eigenvalue weighted by Crippen LogP contribution is -2.52. The van der Waals surface area contributed by atoms with Gasteiger partial charge in [0.1, 0.15) is 0 Å². The Bertz CT molecular complexity index is 678. The number of halogens is 1. The van der Waals surface area contributed by atoms with E-state index in [0.717, 1.165) is 5.56 Å². The molecule has 2 rings (SSSR count). The molecule has 124 valence electrons. The summed E-state index contributed by atoms with van der Waals surface area (Å²) in [6.45, 7) is 6.66. The third-order valence-electron chi connectivity index (χ3n) is 3.80. The molecule has 1 N–H and O–H groups in total. The van der Waals surface area contributed by atoms with Crippen LogP contribution >= 0.6 is 12.4 Å². The summed E-state index contributed by atoms with van der Waals surface area (Å²) in [5.74, 6) is 0. The second kappa shape index (κ2) is 6.91. The van der Waals surface area contributed by atoms with Crippen LogP contribution in [-0.4, -0.2) is 43.3 Å². The molecule has 9 heteroatoms. The van der Waals surface area contributed by atoms with Crippen molar-refractivity contribution in [2.24, 2.45) is 0 Å². The van der Waals surface area contributed by atoms with Crippen molar-refractivity contribution in [1.29, 1.82) is 0 Å². The number of nitro benzene ring substituents is 1. The van der Waals surface area contributed by atoms with Crippen molar-refractivity contribution in [3.05, 3.63) is 33.4 Å². The first kappa shape index (κ1) is 18.8. The molecule has 0 unspecified atom stereocenters. The molecule has 1 aliphatic heterocycles. The predicted molar refractivity (Wildman–Crippen MR) is 86.0 cm³/mol. The fourth-order valence-electron chi connectivity index (χ4n) is 2.43. The van der Waals surface area contributed by atoms with Crippen molar-refractivity contribution in [3.8, 4) is 0 Å². The number of nitrogens with zero attached hydrogens (tertiary/aromatic N) is 2. The Morgan fingerprint density at radius 3 is 2.45 bits per heavy atom. The number of benzene rings is 1.